The number of anilines is 1. The lowest BCUT2D eigenvalue weighted by atomic mass is 10.1. The first-order valence-electron chi connectivity index (χ1n) is 9.55. The number of hydrogen-bond donors (Lipinski definition) is 1. The molecule has 7 heteroatoms. The molecular weight excluding hydrogens is 411 g/mol. The Morgan fingerprint density at radius 3 is 2.44 bits per heavy atom. The third kappa shape index (κ3) is 5.58. The largest absolute Gasteiger partial charge is 0.493 e. The standard InChI is InChI=1S/C25H19FN2O4/c1-16-6-9-21(10-7-16)28-24(29)19(15-27)12-17-8-11-22(23(13-17)31-2)32-25(30)18-4-3-5-20(26)14-18/h3-14H,1-2H3,(H,28,29)/b19-12+. The Hall–Kier alpha value is -4.44. The van der Waals surface area contributed by atoms with Crippen LogP contribution in [0.15, 0.2) is 72.3 Å². The maximum Gasteiger partial charge on any atom is 0.343 e. The molecule has 3 aromatic rings. The Morgan fingerprint density at radius 1 is 1.03 bits per heavy atom. The third-order valence-corrected chi connectivity index (χ3v) is 4.44. The second kappa shape index (κ2) is 10.0. The first-order valence-corrected chi connectivity index (χ1v) is 9.55. The number of carbonyl (C=O) groups is 2. The maximum atomic E-state index is 13.3. The number of hydrogen-bond acceptors (Lipinski definition) is 5. The first-order chi connectivity index (χ1) is 15.4. The molecular formula is C25H19FN2O4. The number of esters is 1. The molecule has 32 heavy (non-hydrogen) atoms. The Morgan fingerprint density at radius 2 is 1.78 bits per heavy atom. The van der Waals surface area contributed by atoms with Crippen molar-refractivity contribution >= 4 is 23.6 Å². The summed E-state index contributed by atoms with van der Waals surface area (Å²) < 4.78 is 23.9. The van der Waals surface area contributed by atoms with Crippen LogP contribution in [0.4, 0.5) is 10.1 Å². The lowest BCUT2D eigenvalue weighted by Gasteiger charge is -2.10. The van der Waals surface area contributed by atoms with Crippen LogP contribution in [0.5, 0.6) is 11.5 Å². The van der Waals surface area contributed by atoms with E-state index >= 15 is 0 Å². The topological polar surface area (TPSA) is 88.4 Å². The van der Waals surface area contributed by atoms with Gasteiger partial charge in [0.05, 0.1) is 12.7 Å². The summed E-state index contributed by atoms with van der Waals surface area (Å²) in [6, 6.07) is 18.7. The lowest BCUT2D eigenvalue weighted by molar-refractivity contribution is -0.112. The van der Waals surface area contributed by atoms with Gasteiger partial charge >= 0.3 is 5.97 Å². The Kier molecular flexibility index (Phi) is 6.99. The molecule has 0 atom stereocenters. The van der Waals surface area contributed by atoms with Gasteiger partial charge in [-0.3, -0.25) is 4.79 Å². The molecule has 0 aromatic heterocycles. The zero-order valence-electron chi connectivity index (χ0n) is 17.4. The fourth-order valence-corrected chi connectivity index (χ4v) is 2.78. The van der Waals surface area contributed by atoms with Crippen LogP contribution < -0.4 is 14.8 Å². The van der Waals surface area contributed by atoms with E-state index < -0.39 is 17.7 Å². The highest BCUT2D eigenvalue weighted by Gasteiger charge is 2.15. The molecule has 3 rings (SSSR count). The van der Waals surface area contributed by atoms with Crippen LogP contribution in [0.1, 0.15) is 21.5 Å². The molecule has 0 fully saturated rings. The van der Waals surface area contributed by atoms with Crippen molar-refractivity contribution in [1.82, 2.24) is 0 Å². The third-order valence-electron chi connectivity index (χ3n) is 4.44. The molecule has 0 unspecified atom stereocenters. The van der Waals surface area contributed by atoms with Crippen LogP contribution >= 0.6 is 0 Å². The zero-order chi connectivity index (χ0) is 23.1. The highest BCUT2D eigenvalue weighted by molar-refractivity contribution is 6.09. The van der Waals surface area contributed by atoms with E-state index in [1.54, 1.807) is 18.2 Å². The van der Waals surface area contributed by atoms with Gasteiger partial charge in [0, 0.05) is 5.69 Å². The normalized spacial score (nSPS) is 10.8. The molecule has 0 saturated carbocycles. The summed E-state index contributed by atoms with van der Waals surface area (Å²) in [5.74, 6) is -1.54. The van der Waals surface area contributed by atoms with Crippen molar-refractivity contribution < 1.29 is 23.5 Å². The van der Waals surface area contributed by atoms with Crippen LogP contribution in [0.25, 0.3) is 6.08 Å². The van der Waals surface area contributed by atoms with E-state index in [1.807, 2.05) is 25.1 Å². The summed E-state index contributed by atoms with van der Waals surface area (Å²) in [5, 5.41) is 12.1. The van der Waals surface area contributed by atoms with E-state index in [1.165, 1.54) is 43.5 Å². The van der Waals surface area contributed by atoms with Gasteiger partial charge in [-0.2, -0.15) is 5.26 Å². The molecule has 3 aromatic carbocycles. The Labute approximate surface area is 184 Å². The number of amides is 1. The summed E-state index contributed by atoms with van der Waals surface area (Å²) in [4.78, 5) is 24.7. The predicted molar refractivity (Wildman–Crippen MR) is 118 cm³/mol. The fourth-order valence-electron chi connectivity index (χ4n) is 2.78. The van der Waals surface area contributed by atoms with Crippen LogP contribution in [0.3, 0.4) is 0 Å². The van der Waals surface area contributed by atoms with E-state index in [0.29, 0.717) is 11.3 Å². The van der Waals surface area contributed by atoms with Crippen LogP contribution in [0, 0.1) is 24.1 Å². The number of aryl methyl sites for hydroxylation is 1. The minimum atomic E-state index is -0.749. The second-order valence-corrected chi connectivity index (χ2v) is 6.80. The molecule has 0 spiro atoms. The zero-order valence-corrected chi connectivity index (χ0v) is 17.4. The summed E-state index contributed by atoms with van der Waals surface area (Å²) >= 11 is 0. The highest BCUT2D eigenvalue weighted by atomic mass is 19.1. The molecule has 0 aliphatic carbocycles. The number of ether oxygens (including phenoxy) is 2. The minimum absolute atomic E-state index is 0.0515. The number of nitrogens with zero attached hydrogens (tertiary/aromatic N) is 1. The number of methoxy groups -OCH3 is 1. The van der Waals surface area contributed by atoms with Crippen molar-refractivity contribution in [2.75, 3.05) is 12.4 Å². The first kappa shape index (κ1) is 22.2. The number of nitriles is 1. The minimum Gasteiger partial charge on any atom is -0.493 e. The number of nitrogens with one attached hydrogen (secondary N) is 1. The van der Waals surface area contributed by atoms with Gasteiger partial charge in [-0.05, 0) is 61.0 Å². The molecule has 1 amide bonds. The molecule has 160 valence electrons. The van der Waals surface area contributed by atoms with Gasteiger partial charge in [-0.1, -0.05) is 29.8 Å². The van der Waals surface area contributed by atoms with E-state index in [2.05, 4.69) is 5.32 Å². The van der Waals surface area contributed by atoms with Crippen molar-refractivity contribution in [3.05, 3.63) is 94.8 Å². The number of rotatable bonds is 6. The van der Waals surface area contributed by atoms with Crippen molar-refractivity contribution in [2.24, 2.45) is 0 Å². The van der Waals surface area contributed by atoms with E-state index in [-0.39, 0.29) is 22.6 Å². The molecule has 0 radical (unpaired) electrons. The molecule has 0 aliphatic heterocycles. The van der Waals surface area contributed by atoms with Gasteiger partial charge in [-0.25, -0.2) is 9.18 Å². The summed E-state index contributed by atoms with van der Waals surface area (Å²) in [6.45, 7) is 1.93. The highest BCUT2D eigenvalue weighted by Crippen LogP contribution is 2.30. The van der Waals surface area contributed by atoms with Gasteiger partial charge < -0.3 is 14.8 Å². The Bertz CT molecular complexity index is 1230. The van der Waals surface area contributed by atoms with Gasteiger partial charge in [-0.15, -0.1) is 0 Å². The van der Waals surface area contributed by atoms with Gasteiger partial charge in [0.25, 0.3) is 5.91 Å². The van der Waals surface area contributed by atoms with Crippen molar-refractivity contribution in [2.45, 2.75) is 6.92 Å². The predicted octanol–water partition coefficient (Wildman–Crippen LogP) is 4.91. The Balaban J connectivity index is 1.79. The van der Waals surface area contributed by atoms with E-state index in [9.17, 15) is 19.2 Å². The molecule has 0 aliphatic rings. The average Bonchev–Trinajstić information content (AvgIpc) is 2.79. The molecule has 0 heterocycles. The summed E-state index contributed by atoms with van der Waals surface area (Å²) in [6.07, 6.45) is 1.39. The monoisotopic (exact) mass is 430 g/mol. The second-order valence-electron chi connectivity index (χ2n) is 6.80. The van der Waals surface area contributed by atoms with E-state index in [4.69, 9.17) is 9.47 Å². The van der Waals surface area contributed by atoms with Crippen LogP contribution in [-0.2, 0) is 4.79 Å². The number of carbonyl (C=O) groups excluding carboxylic acids is 2. The molecule has 1 N–H and O–H groups in total. The smallest absolute Gasteiger partial charge is 0.343 e. The summed E-state index contributed by atoms with van der Waals surface area (Å²) in [5.41, 5.74) is 2.04. The quantitative estimate of drug-likeness (QED) is 0.260. The fraction of sp³-hybridized carbons (Fsp3) is 0.0800. The molecule has 0 saturated heterocycles. The van der Waals surface area contributed by atoms with Crippen molar-refractivity contribution in [3.63, 3.8) is 0 Å². The average molecular weight is 430 g/mol. The van der Waals surface area contributed by atoms with Gasteiger partial charge in [0.15, 0.2) is 11.5 Å². The number of halogens is 1. The number of benzene rings is 3. The van der Waals surface area contributed by atoms with Crippen molar-refractivity contribution in [1.29, 1.82) is 5.26 Å². The molecule has 6 nitrogen and oxygen atoms in total. The maximum absolute atomic E-state index is 13.3. The lowest BCUT2D eigenvalue weighted by Crippen LogP contribution is -2.13. The molecule has 0 bridgehead atoms. The van der Waals surface area contributed by atoms with Gasteiger partial charge in [0.1, 0.15) is 17.5 Å². The van der Waals surface area contributed by atoms with E-state index in [0.717, 1.165) is 11.6 Å². The van der Waals surface area contributed by atoms with Gasteiger partial charge in [0.2, 0.25) is 0 Å². The van der Waals surface area contributed by atoms with Crippen molar-refractivity contribution in [3.8, 4) is 17.6 Å². The SMILES string of the molecule is COc1cc(/C=C(\C#N)C(=O)Nc2ccc(C)cc2)ccc1OC(=O)c1cccc(F)c1. The summed E-state index contributed by atoms with van der Waals surface area (Å²) in [7, 11) is 1.39. The van der Waals surface area contributed by atoms with Crippen LogP contribution in [0.2, 0.25) is 0 Å². The van der Waals surface area contributed by atoms with Crippen LogP contribution in [-0.4, -0.2) is 19.0 Å².